The highest BCUT2D eigenvalue weighted by molar-refractivity contribution is 5.88. The number of amides is 1. The monoisotopic (exact) mass is 380 g/mol. The number of nitrogens with one attached hydrogen (secondary N) is 2. The van der Waals surface area contributed by atoms with E-state index in [1.807, 2.05) is 31.3 Å². The van der Waals surface area contributed by atoms with Gasteiger partial charge in [0, 0.05) is 32.0 Å². The van der Waals surface area contributed by atoms with Crippen LogP contribution in [0.5, 0.6) is 0 Å². The Labute approximate surface area is 166 Å². The second kappa shape index (κ2) is 8.27. The van der Waals surface area contributed by atoms with E-state index in [0.29, 0.717) is 25.7 Å². The van der Waals surface area contributed by atoms with Gasteiger partial charge in [-0.05, 0) is 50.2 Å². The maximum absolute atomic E-state index is 13.2. The quantitative estimate of drug-likeness (QED) is 0.834. The van der Waals surface area contributed by atoms with E-state index >= 15 is 0 Å². The highest BCUT2D eigenvalue weighted by atomic mass is 16.5. The van der Waals surface area contributed by atoms with Crippen LogP contribution < -0.4 is 10.6 Å². The molecule has 1 amide bonds. The molecule has 1 aliphatic carbocycles. The Balaban J connectivity index is 1.52. The Morgan fingerprint density at radius 2 is 2.04 bits per heavy atom. The Morgan fingerprint density at radius 1 is 1.25 bits per heavy atom. The van der Waals surface area contributed by atoms with Crippen LogP contribution in [0, 0.1) is 0 Å². The largest absolute Gasteiger partial charge is 0.381 e. The summed E-state index contributed by atoms with van der Waals surface area (Å²) in [5.74, 6) is 0.655. The molecule has 1 unspecified atom stereocenters. The number of carbonyl (C=O) groups is 1. The van der Waals surface area contributed by atoms with Crippen molar-refractivity contribution >= 4 is 11.9 Å². The summed E-state index contributed by atoms with van der Waals surface area (Å²) in [6.45, 7) is 4.11. The number of nitrogens with zero attached hydrogens (tertiary/aromatic N) is 2. The van der Waals surface area contributed by atoms with Crippen molar-refractivity contribution in [3.8, 4) is 0 Å². The highest BCUT2D eigenvalue weighted by Gasteiger charge is 2.41. The maximum atomic E-state index is 13.2. The van der Waals surface area contributed by atoms with Crippen LogP contribution in [0.25, 0.3) is 0 Å². The van der Waals surface area contributed by atoms with Crippen LogP contribution in [-0.2, 0) is 27.9 Å². The molecule has 0 radical (unpaired) electrons. The van der Waals surface area contributed by atoms with Crippen molar-refractivity contribution in [2.45, 2.75) is 57.0 Å². The van der Waals surface area contributed by atoms with E-state index in [9.17, 15) is 4.79 Å². The van der Waals surface area contributed by atoms with Crippen molar-refractivity contribution in [3.63, 3.8) is 0 Å². The number of anilines is 1. The number of ether oxygens (including phenoxy) is 1. The van der Waals surface area contributed by atoms with Crippen molar-refractivity contribution in [2.75, 3.05) is 18.5 Å². The Hall–Kier alpha value is -2.47. The van der Waals surface area contributed by atoms with Crippen molar-refractivity contribution in [1.82, 2.24) is 15.3 Å². The van der Waals surface area contributed by atoms with E-state index in [-0.39, 0.29) is 11.9 Å². The first-order valence-corrected chi connectivity index (χ1v) is 10.2. The Bertz CT molecular complexity index is 821. The smallest absolute Gasteiger partial charge is 0.232 e. The topological polar surface area (TPSA) is 76.1 Å². The summed E-state index contributed by atoms with van der Waals surface area (Å²) >= 11 is 0. The second-order valence-corrected chi connectivity index (χ2v) is 7.95. The zero-order valence-electron chi connectivity index (χ0n) is 16.4. The molecular weight excluding hydrogens is 352 g/mol. The first-order valence-electron chi connectivity index (χ1n) is 10.2. The number of aromatic nitrogens is 2. The van der Waals surface area contributed by atoms with Gasteiger partial charge in [-0.2, -0.15) is 0 Å². The molecule has 2 aliphatic rings. The summed E-state index contributed by atoms with van der Waals surface area (Å²) in [6.07, 6.45) is 6.35. The third kappa shape index (κ3) is 4.02. The van der Waals surface area contributed by atoms with Gasteiger partial charge in [-0.1, -0.05) is 30.3 Å². The summed E-state index contributed by atoms with van der Waals surface area (Å²) in [4.78, 5) is 22.5. The van der Waals surface area contributed by atoms with Crippen molar-refractivity contribution in [1.29, 1.82) is 0 Å². The highest BCUT2D eigenvalue weighted by Crippen LogP contribution is 2.36. The van der Waals surface area contributed by atoms with Gasteiger partial charge in [-0.25, -0.2) is 9.97 Å². The zero-order valence-corrected chi connectivity index (χ0v) is 16.4. The lowest BCUT2D eigenvalue weighted by atomic mass is 9.73. The molecule has 2 aromatic rings. The van der Waals surface area contributed by atoms with Crippen molar-refractivity contribution in [3.05, 3.63) is 53.3 Å². The molecule has 1 aromatic carbocycles. The fraction of sp³-hybridized carbons (Fsp3) is 0.500. The van der Waals surface area contributed by atoms with Gasteiger partial charge in [0.25, 0.3) is 0 Å². The molecule has 1 fully saturated rings. The Morgan fingerprint density at radius 3 is 2.82 bits per heavy atom. The second-order valence-electron chi connectivity index (χ2n) is 7.95. The van der Waals surface area contributed by atoms with Gasteiger partial charge in [-0.3, -0.25) is 4.79 Å². The normalized spacial score (nSPS) is 22.3. The molecule has 1 saturated heterocycles. The van der Waals surface area contributed by atoms with Gasteiger partial charge in [0.2, 0.25) is 11.9 Å². The van der Waals surface area contributed by atoms with Crippen LogP contribution in [0.1, 0.15) is 49.4 Å². The fourth-order valence-electron chi connectivity index (χ4n) is 4.09. The van der Waals surface area contributed by atoms with Crippen LogP contribution in [0.2, 0.25) is 0 Å². The van der Waals surface area contributed by atoms with Crippen LogP contribution in [0.15, 0.2) is 36.5 Å². The Kier molecular flexibility index (Phi) is 5.57. The van der Waals surface area contributed by atoms with Crippen molar-refractivity contribution < 1.29 is 9.53 Å². The van der Waals surface area contributed by atoms with Gasteiger partial charge in [-0.15, -0.1) is 0 Å². The molecule has 6 heteroatoms. The number of benzene rings is 1. The lowest BCUT2D eigenvalue weighted by Gasteiger charge is -2.35. The predicted molar refractivity (Wildman–Crippen MR) is 108 cm³/mol. The van der Waals surface area contributed by atoms with Gasteiger partial charge >= 0.3 is 0 Å². The predicted octanol–water partition coefficient (Wildman–Crippen LogP) is 2.98. The summed E-state index contributed by atoms with van der Waals surface area (Å²) in [7, 11) is 0. The van der Waals surface area contributed by atoms with Gasteiger partial charge in [0.1, 0.15) is 0 Å². The molecule has 148 valence electrons. The molecule has 2 heterocycles. The minimum Gasteiger partial charge on any atom is -0.381 e. The summed E-state index contributed by atoms with van der Waals surface area (Å²) < 4.78 is 5.41. The lowest BCUT2D eigenvalue weighted by Crippen LogP contribution is -2.50. The van der Waals surface area contributed by atoms with E-state index < -0.39 is 5.41 Å². The maximum Gasteiger partial charge on any atom is 0.232 e. The summed E-state index contributed by atoms with van der Waals surface area (Å²) in [6, 6.07) is 10.4. The zero-order chi connectivity index (χ0) is 19.4. The number of carbonyl (C=O) groups excluding carboxylic acids is 1. The van der Waals surface area contributed by atoms with Crippen LogP contribution in [0.4, 0.5) is 5.95 Å². The van der Waals surface area contributed by atoms with Gasteiger partial charge in [0.15, 0.2) is 0 Å². The molecule has 6 nitrogen and oxygen atoms in total. The molecule has 1 aliphatic heterocycles. The first kappa shape index (κ1) is 18.9. The molecule has 0 bridgehead atoms. The molecule has 1 aromatic heterocycles. The number of rotatable bonds is 5. The van der Waals surface area contributed by atoms with E-state index in [2.05, 4.69) is 27.8 Å². The van der Waals surface area contributed by atoms with Crippen LogP contribution in [-0.4, -0.2) is 35.1 Å². The lowest BCUT2D eigenvalue weighted by molar-refractivity contribution is -0.128. The minimum absolute atomic E-state index is 0.0769. The van der Waals surface area contributed by atoms with E-state index in [1.165, 1.54) is 5.56 Å². The van der Waals surface area contributed by atoms with Gasteiger partial charge < -0.3 is 15.4 Å². The first-order chi connectivity index (χ1) is 13.6. The van der Waals surface area contributed by atoms with E-state index in [0.717, 1.165) is 43.4 Å². The number of aryl methyl sites for hydroxylation is 1. The SMILES string of the molecule is CC1(C(=O)NC2CCOCC2)CCCc2cnc(NCc3ccccc3)nc21. The fourth-order valence-corrected chi connectivity index (χ4v) is 4.09. The van der Waals surface area contributed by atoms with Crippen molar-refractivity contribution in [2.24, 2.45) is 0 Å². The van der Waals surface area contributed by atoms with E-state index in [4.69, 9.17) is 9.72 Å². The van der Waals surface area contributed by atoms with Gasteiger partial charge in [0.05, 0.1) is 11.1 Å². The molecule has 0 spiro atoms. The van der Waals surface area contributed by atoms with Crippen LogP contribution >= 0.6 is 0 Å². The number of fused-ring (bicyclic) bond motifs is 1. The molecule has 1 atom stereocenters. The standard InChI is InChI=1S/C22H28N4O2/c1-22(20(27)25-18-9-12-28-13-10-18)11-5-8-17-15-24-21(26-19(17)22)23-14-16-6-3-2-4-7-16/h2-4,6-7,15,18H,5,8-14H2,1H3,(H,25,27)(H,23,24,26). The van der Waals surface area contributed by atoms with Crippen LogP contribution in [0.3, 0.4) is 0 Å². The third-order valence-electron chi connectivity index (χ3n) is 5.86. The average Bonchev–Trinajstić information content (AvgIpc) is 2.74. The number of hydrogen-bond donors (Lipinski definition) is 2. The molecule has 2 N–H and O–H groups in total. The summed E-state index contributed by atoms with van der Waals surface area (Å²) in [5, 5.41) is 6.55. The molecular formula is C22H28N4O2. The molecule has 4 rings (SSSR count). The average molecular weight is 380 g/mol. The summed E-state index contributed by atoms with van der Waals surface area (Å²) in [5.41, 5.74) is 2.51. The third-order valence-corrected chi connectivity index (χ3v) is 5.86. The number of hydrogen-bond acceptors (Lipinski definition) is 5. The minimum atomic E-state index is -0.613. The molecule has 0 saturated carbocycles. The molecule has 28 heavy (non-hydrogen) atoms. The van der Waals surface area contributed by atoms with E-state index in [1.54, 1.807) is 0 Å².